The number of nitrogens with one attached hydrogen (secondary N) is 1. The lowest BCUT2D eigenvalue weighted by atomic mass is 10.2. The van der Waals surface area contributed by atoms with E-state index in [1.54, 1.807) is 0 Å². The minimum absolute atomic E-state index is 0.334. The molecule has 0 aliphatic carbocycles. The predicted octanol–water partition coefficient (Wildman–Crippen LogP) is 2.46. The van der Waals surface area contributed by atoms with Crippen LogP contribution >= 0.6 is 0 Å². The molecule has 0 saturated heterocycles. The molecule has 0 bridgehead atoms. The van der Waals surface area contributed by atoms with Gasteiger partial charge in [0.15, 0.2) is 0 Å². The number of rotatable bonds is 7. The van der Waals surface area contributed by atoms with Crippen molar-refractivity contribution in [1.29, 1.82) is 0 Å². The smallest absolute Gasteiger partial charge is 0.0570 e. The summed E-state index contributed by atoms with van der Waals surface area (Å²) in [5.41, 5.74) is 1.12. The molecule has 3 nitrogen and oxygen atoms in total. The Morgan fingerprint density at radius 1 is 1.29 bits per heavy atom. The van der Waals surface area contributed by atoms with Gasteiger partial charge in [-0.1, -0.05) is 6.07 Å². The van der Waals surface area contributed by atoms with Gasteiger partial charge < -0.3 is 10.2 Å². The van der Waals surface area contributed by atoms with Crippen LogP contribution in [0.5, 0.6) is 0 Å². The van der Waals surface area contributed by atoms with E-state index in [4.69, 9.17) is 0 Å². The highest BCUT2D eigenvalue weighted by Gasteiger charge is 2.06. The first-order chi connectivity index (χ1) is 8.11. The van der Waals surface area contributed by atoms with Crippen molar-refractivity contribution in [2.24, 2.45) is 0 Å². The Labute approximate surface area is 105 Å². The molecule has 3 heteroatoms. The second-order valence-corrected chi connectivity index (χ2v) is 4.86. The van der Waals surface area contributed by atoms with Crippen LogP contribution in [0.4, 0.5) is 0 Å². The summed E-state index contributed by atoms with van der Waals surface area (Å²) in [5, 5.41) is 3.50. The van der Waals surface area contributed by atoms with Gasteiger partial charge >= 0.3 is 0 Å². The summed E-state index contributed by atoms with van der Waals surface area (Å²) in [4.78, 5) is 6.72. The van der Waals surface area contributed by atoms with E-state index in [9.17, 15) is 0 Å². The fourth-order valence-electron chi connectivity index (χ4n) is 1.64. The van der Waals surface area contributed by atoms with Crippen LogP contribution in [-0.2, 0) is 0 Å². The van der Waals surface area contributed by atoms with Gasteiger partial charge in [0.2, 0.25) is 0 Å². The molecule has 1 N–H and O–H groups in total. The summed E-state index contributed by atoms with van der Waals surface area (Å²) in [6.45, 7) is 8.79. The first-order valence-corrected chi connectivity index (χ1v) is 6.46. The van der Waals surface area contributed by atoms with E-state index < -0.39 is 0 Å². The minimum Gasteiger partial charge on any atom is -0.309 e. The largest absolute Gasteiger partial charge is 0.309 e. The number of pyridine rings is 1. The number of aromatic nitrogens is 1. The standard InChI is InChI=1S/C14H25N3/c1-12(2)17(4)11-7-10-15-13(3)14-8-5-6-9-16-14/h5-6,8-9,12-13,15H,7,10-11H2,1-4H3. The summed E-state index contributed by atoms with van der Waals surface area (Å²) in [6.07, 6.45) is 3.02. The third kappa shape index (κ3) is 5.29. The first-order valence-electron chi connectivity index (χ1n) is 6.46. The Kier molecular flexibility index (Phi) is 6.16. The number of hydrogen-bond acceptors (Lipinski definition) is 3. The van der Waals surface area contributed by atoms with Crippen molar-refractivity contribution in [3.05, 3.63) is 30.1 Å². The van der Waals surface area contributed by atoms with Gasteiger partial charge in [-0.05, 0) is 59.5 Å². The van der Waals surface area contributed by atoms with Gasteiger partial charge in [0.1, 0.15) is 0 Å². The van der Waals surface area contributed by atoms with E-state index in [1.807, 2.05) is 18.3 Å². The fraction of sp³-hybridized carbons (Fsp3) is 0.643. The van der Waals surface area contributed by atoms with E-state index in [1.165, 1.54) is 6.42 Å². The second-order valence-electron chi connectivity index (χ2n) is 4.86. The Hall–Kier alpha value is -0.930. The maximum atomic E-state index is 4.35. The zero-order chi connectivity index (χ0) is 12.7. The van der Waals surface area contributed by atoms with Gasteiger partial charge in [-0.2, -0.15) is 0 Å². The van der Waals surface area contributed by atoms with Gasteiger partial charge in [-0.15, -0.1) is 0 Å². The fourth-order valence-corrected chi connectivity index (χ4v) is 1.64. The molecule has 1 heterocycles. The number of hydrogen-bond donors (Lipinski definition) is 1. The quantitative estimate of drug-likeness (QED) is 0.736. The highest BCUT2D eigenvalue weighted by Crippen LogP contribution is 2.07. The van der Waals surface area contributed by atoms with Crippen molar-refractivity contribution in [2.45, 2.75) is 39.3 Å². The Morgan fingerprint density at radius 2 is 2.06 bits per heavy atom. The SMILES string of the molecule is CC(NCCCN(C)C(C)C)c1ccccn1. The Bertz CT molecular complexity index is 298. The van der Waals surface area contributed by atoms with Crippen molar-refractivity contribution in [2.75, 3.05) is 20.1 Å². The van der Waals surface area contributed by atoms with E-state index in [2.05, 4.69) is 49.1 Å². The summed E-state index contributed by atoms with van der Waals surface area (Å²) >= 11 is 0. The lowest BCUT2D eigenvalue weighted by Crippen LogP contribution is -2.30. The number of nitrogens with zero attached hydrogens (tertiary/aromatic N) is 2. The van der Waals surface area contributed by atoms with Crippen LogP contribution in [0.2, 0.25) is 0 Å². The molecule has 96 valence electrons. The van der Waals surface area contributed by atoms with Crippen LogP contribution < -0.4 is 5.32 Å². The molecule has 1 unspecified atom stereocenters. The van der Waals surface area contributed by atoms with Crippen LogP contribution in [0.15, 0.2) is 24.4 Å². The van der Waals surface area contributed by atoms with Crippen molar-refractivity contribution in [1.82, 2.24) is 15.2 Å². The lowest BCUT2D eigenvalue weighted by molar-refractivity contribution is 0.268. The molecule has 0 aromatic carbocycles. The van der Waals surface area contributed by atoms with Gasteiger partial charge in [-0.3, -0.25) is 4.98 Å². The van der Waals surface area contributed by atoms with E-state index in [0.717, 1.165) is 18.8 Å². The van der Waals surface area contributed by atoms with Crippen LogP contribution in [0.1, 0.15) is 38.9 Å². The topological polar surface area (TPSA) is 28.2 Å². The highest BCUT2D eigenvalue weighted by molar-refractivity contribution is 5.07. The van der Waals surface area contributed by atoms with Crippen molar-refractivity contribution in [3.8, 4) is 0 Å². The Balaban J connectivity index is 2.19. The summed E-state index contributed by atoms with van der Waals surface area (Å²) in [7, 11) is 2.17. The zero-order valence-corrected chi connectivity index (χ0v) is 11.5. The van der Waals surface area contributed by atoms with Crippen LogP contribution in [0.3, 0.4) is 0 Å². The molecule has 0 fully saturated rings. The predicted molar refractivity (Wildman–Crippen MR) is 73.0 cm³/mol. The van der Waals surface area contributed by atoms with Gasteiger partial charge in [-0.25, -0.2) is 0 Å². The molecule has 0 saturated carbocycles. The maximum absolute atomic E-state index is 4.35. The van der Waals surface area contributed by atoms with Gasteiger partial charge in [0.25, 0.3) is 0 Å². The molecule has 1 aromatic rings. The second kappa shape index (κ2) is 7.41. The summed E-state index contributed by atoms with van der Waals surface area (Å²) in [5.74, 6) is 0. The molecule has 1 aromatic heterocycles. The van der Waals surface area contributed by atoms with E-state index in [-0.39, 0.29) is 0 Å². The molecule has 0 amide bonds. The van der Waals surface area contributed by atoms with E-state index in [0.29, 0.717) is 12.1 Å². The first kappa shape index (κ1) is 14.1. The molecular weight excluding hydrogens is 210 g/mol. The zero-order valence-electron chi connectivity index (χ0n) is 11.5. The molecule has 0 aliphatic rings. The molecule has 17 heavy (non-hydrogen) atoms. The lowest BCUT2D eigenvalue weighted by Gasteiger charge is -2.21. The molecule has 1 atom stereocenters. The van der Waals surface area contributed by atoms with Crippen LogP contribution in [-0.4, -0.2) is 36.1 Å². The monoisotopic (exact) mass is 235 g/mol. The van der Waals surface area contributed by atoms with Gasteiger partial charge in [0, 0.05) is 18.3 Å². The Morgan fingerprint density at radius 3 is 2.65 bits per heavy atom. The van der Waals surface area contributed by atoms with Crippen LogP contribution in [0, 0.1) is 0 Å². The van der Waals surface area contributed by atoms with E-state index >= 15 is 0 Å². The summed E-state index contributed by atoms with van der Waals surface area (Å²) < 4.78 is 0. The van der Waals surface area contributed by atoms with Crippen molar-refractivity contribution >= 4 is 0 Å². The molecule has 1 rings (SSSR count). The average Bonchev–Trinajstić information content (AvgIpc) is 2.35. The molecule has 0 radical (unpaired) electrons. The maximum Gasteiger partial charge on any atom is 0.0570 e. The van der Waals surface area contributed by atoms with Crippen molar-refractivity contribution < 1.29 is 0 Å². The average molecular weight is 235 g/mol. The van der Waals surface area contributed by atoms with Crippen molar-refractivity contribution in [3.63, 3.8) is 0 Å². The summed E-state index contributed by atoms with van der Waals surface area (Å²) in [6, 6.07) is 7.02. The van der Waals surface area contributed by atoms with Crippen LogP contribution in [0.25, 0.3) is 0 Å². The molecule has 0 spiro atoms. The molecular formula is C14H25N3. The third-order valence-corrected chi connectivity index (χ3v) is 3.15. The highest BCUT2D eigenvalue weighted by atomic mass is 15.1. The minimum atomic E-state index is 0.334. The van der Waals surface area contributed by atoms with Gasteiger partial charge in [0.05, 0.1) is 5.69 Å². The normalized spacial score (nSPS) is 13.3. The third-order valence-electron chi connectivity index (χ3n) is 3.15. The molecule has 0 aliphatic heterocycles.